The highest BCUT2D eigenvalue weighted by atomic mass is 79.9. The van der Waals surface area contributed by atoms with Crippen LogP contribution in [0.3, 0.4) is 0 Å². The SMILES string of the molecule is FC(F)(F)Oc1cc(Br)ccc1-c1noc(-c2ccc3cncn3c2)n1. The molecule has 0 bridgehead atoms. The number of imidazole rings is 1. The van der Waals surface area contributed by atoms with Crippen LogP contribution in [0.4, 0.5) is 13.2 Å². The molecule has 0 N–H and O–H groups in total. The average molecular weight is 425 g/mol. The highest BCUT2D eigenvalue weighted by Crippen LogP contribution is 2.35. The Labute approximate surface area is 152 Å². The maximum Gasteiger partial charge on any atom is 0.573 e. The third-order valence-corrected chi connectivity index (χ3v) is 3.98. The number of hydrogen-bond acceptors (Lipinski definition) is 5. The Bertz CT molecular complexity index is 1090. The highest BCUT2D eigenvalue weighted by Gasteiger charge is 2.33. The summed E-state index contributed by atoms with van der Waals surface area (Å²) in [4.78, 5) is 8.20. The number of aromatic nitrogens is 4. The molecule has 0 saturated carbocycles. The largest absolute Gasteiger partial charge is 0.573 e. The van der Waals surface area contributed by atoms with E-state index in [4.69, 9.17) is 4.52 Å². The molecule has 3 aromatic heterocycles. The molecule has 0 aliphatic heterocycles. The molecule has 0 spiro atoms. The van der Waals surface area contributed by atoms with E-state index in [0.29, 0.717) is 10.0 Å². The Morgan fingerprint density at radius 1 is 1.15 bits per heavy atom. The molecule has 1 aromatic carbocycles. The van der Waals surface area contributed by atoms with Crippen molar-refractivity contribution in [2.24, 2.45) is 0 Å². The molecule has 0 fully saturated rings. The molecule has 6 nitrogen and oxygen atoms in total. The lowest BCUT2D eigenvalue weighted by Gasteiger charge is -2.11. The topological polar surface area (TPSA) is 65.5 Å². The first-order chi connectivity index (χ1) is 12.4. The lowest BCUT2D eigenvalue weighted by atomic mass is 10.2. The number of pyridine rings is 1. The van der Waals surface area contributed by atoms with Crippen molar-refractivity contribution >= 4 is 21.4 Å². The number of alkyl halides is 3. The Balaban J connectivity index is 1.74. The van der Waals surface area contributed by atoms with E-state index in [2.05, 4.69) is 35.8 Å². The third kappa shape index (κ3) is 3.27. The molecule has 0 amide bonds. The molecule has 4 rings (SSSR count). The van der Waals surface area contributed by atoms with Crippen LogP contribution in [-0.4, -0.2) is 25.9 Å². The van der Waals surface area contributed by atoms with Crippen molar-refractivity contribution in [3.8, 4) is 28.6 Å². The minimum atomic E-state index is -4.84. The second-order valence-corrected chi connectivity index (χ2v) is 6.17. The van der Waals surface area contributed by atoms with Crippen LogP contribution in [0.1, 0.15) is 0 Å². The number of halogens is 4. The van der Waals surface area contributed by atoms with Gasteiger partial charge in [0.05, 0.1) is 29.2 Å². The van der Waals surface area contributed by atoms with Gasteiger partial charge in [0.15, 0.2) is 0 Å². The average Bonchev–Trinajstić information content (AvgIpc) is 3.22. The summed E-state index contributed by atoms with van der Waals surface area (Å²) < 4.78 is 49.4. The summed E-state index contributed by atoms with van der Waals surface area (Å²) in [7, 11) is 0. The normalized spacial score (nSPS) is 11.8. The van der Waals surface area contributed by atoms with Gasteiger partial charge < -0.3 is 13.7 Å². The van der Waals surface area contributed by atoms with E-state index >= 15 is 0 Å². The van der Waals surface area contributed by atoms with Gasteiger partial charge in [-0.15, -0.1) is 13.2 Å². The van der Waals surface area contributed by atoms with Crippen LogP contribution < -0.4 is 4.74 Å². The summed E-state index contributed by atoms with van der Waals surface area (Å²) in [5.41, 5.74) is 1.54. The van der Waals surface area contributed by atoms with Gasteiger partial charge in [-0.3, -0.25) is 0 Å². The quantitative estimate of drug-likeness (QED) is 0.476. The Morgan fingerprint density at radius 2 is 2.00 bits per heavy atom. The molecule has 0 aliphatic rings. The Kier molecular flexibility index (Phi) is 3.91. The van der Waals surface area contributed by atoms with E-state index in [1.165, 1.54) is 12.1 Å². The smallest absolute Gasteiger partial charge is 0.405 e. The van der Waals surface area contributed by atoms with E-state index < -0.39 is 12.1 Å². The molecule has 4 aromatic rings. The van der Waals surface area contributed by atoms with E-state index in [9.17, 15) is 13.2 Å². The van der Waals surface area contributed by atoms with Crippen molar-refractivity contribution in [1.29, 1.82) is 0 Å². The van der Waals surface area contributed by atoms with Gasteiger partial charge in [0, 0.05) is 10.7 Å². The van der Waals surface area contributed by atoms with Gasteiger partial charge in [-0.05, 0) is 30.3 Å². The monoisotopic (exact) mass is 424 g/mol. The molecule has 0 saturated heterocycles. The number of rotatable bonds is 3. The van der Waals surface area contributed by atoms with Crippen LogP contribution >= 0.6 is 15.9 Å². The molecule has 26 heavy (non-hydrogen) atoms. The van der Waals surface area contributed by atoms with Crippen molar-refractivity contribution in [2.45, 2.75) is 6.36 Å². The Hall–Kier alpha value is -2.88. The van der Waals surface area contributed by atoms with Crippen molar-refractivity contribution in [1.82, 2.24) is 19.5 Å². The predicted octanol–water partition coefficient (Wildman–Crippen LogP) is 4.71. The van der Waals surface area contributed by atoms with Crippen LogP contribution in [0.25, 0.3) is 28.4 Å². The first-order valence-electron chi connectivity index (χ1n) is 7.20. The van der Waals surface area contributed by atoms with Gasteiger partial charge in [0.2, 0.25) is 5.82 Å². The van der Waals surface area contributed by atoms with Crippen LogP contribution in [0.15, 0.2) is 58.0 Å². The summed E-state index contributed by atoms with van der Waals surface area (Å²) >= 11 is 3.12. The maximum absolute atomic E-state index is 12.6. The van der Waals surface area contributed by atoms with Crippen LogP contribution in [-0.2, 0) is 0 Å². The van der Waals surface area contributed by atoms with Gasteiger partial charge in [-0.1, -0.05) is 21.1 Å². The molecular weight excluding hydrogens is 417 g/mol. The lowest BCUT2D eigenvalue weighted by molar-refractivity contribution is -0.274. The van der Waals surface area contributed by atoms with Gasteiger partial charge in [0.25, 0.3) is 5.89 Å². The number of ether oxygens (including phenoxy) is 1. The first kappa shape index (κ1) is 16.6. The number of benzene rings is 1. The Morgan fingerprint density at radius 3 is 2.81 bits per heavy atom. The van der Waals surface area contributed by atoms with Crippen molar-refractivity contribution in [3.63, 3.8) is 0 Å². The predicted molar refractivity (Wildman–Crippen MR) is 88.3 cm³/mol. The maximum atomic E-state index is 12.6. The minimum Gasteiger partial charge on any atom is -0.405 e. The zero-order chi connectivity index (χ0) is 18.3. The van der Waals surface area contributed by atoms with Gasteiger partial charge in [-0.25, -0.2) is 4.98 Å². The fourth-order valence-corrected chi connectivity index (χ4v) is 2.73. The number of nitrogens with zero attached hydrogens (tertiary/aromatic N) is 4. The van der Waals surface area contributed by atoms with Gasteiger partial charge in [0.1, 0.15) is 5.75 Å². The molecule has 0 unspecified atom stereocenters. The molecule has 3 heterocycles. The minimum absolute atomic E-state index is 0.0162. The molecular formula is C16H8BrF3N4O2. The molecule has 0 radical (unpaired) electrons. The zero-order valence-electron chi connectivity index (χ0n) is 12.7. The second-order valence-electron chi connectivity index (χ2n) is 5.25. The molecule has 10 heteroatoms. The second kappa shape index (κ2) is 6.13. The fraction of sp³-hybridized carbons (Fsp3) is 0.0625. The lowest BCUT2D eigenvalue weighted by Crippen LogP contribution is -2.17. The summed E-state index contributed by atoms with van der Waals surface area (Å²) in [6.45, 7) is 0. The fourth-order valence-electron chi connectivity index (χ4n) is 2.39. The van der Waals surface area contributed by atoms with Gasteiger partial charge >= 0.3 is 6.36 Å². The zero-order valence-corrected chi connectivity index (χ0v) is 14.3. The van der Waals surface area contributed by atoms with Crippen LogP contribution in [0, 0.1) is 0 Å². The van der Waals surface area contributed by atoms with Crippen molar-refractivity contribution < 1.29 is 22.4 Å². The van der Waals surface area contributed by atoms with Crippen LogP contribution in [0.2, 0.25) is 0 Å². The van der Waals surface area contributed by atoms with E-state index in [-0.39, 0.29) is 17.3 Å². The highest BCUT2D eigenvalue weighted by molar-refractivity contribution is 9.10. The van der Waals surface area contributed by atoms with E-state index in [1.807, 2.05) is 6.07 Å². The standard InChI is InChI=1S/C16H8BrF3N4O2/c17-10-2-4-12(13(5-10)25-16(18,19)20)14-22-15(26-23-14)9-1-3-11-6-21-8-24(11)7-9/h1-8H. The van der Waals surface area contributed by atoms with Crippen LogP contribution in [0.5, 0.6) is 5.75 Å². The number of hydrogen-bond donors (Lipinski definition) is 0. The van der Waals surface area contributed by atoms with E-state index in [1.54, 1.807) is 35.3 Å². The first-order valence-corrected chi connectivity index (χ1v) is 8.00. The number of fused-ring (bicyclic) bond motifs is 1. The summed E-state index contributed by atoms with van der Waals surface area (Å²) in [5.74, 6) is -0.279. The molecule has 0 atom stereocenters. The summed E-state index contributed by atoms with van der Waals surface area (Å²) in [6, 6.07) is 7.73. The van der Waals surface area contributed by atoms with E-state index in [0.717, 1.165) is 5.52 Å². The molecule has 132 valence electrons. The third-order valence-electron chi connectivity index (χ3n) is 3.49. The van der Waals surface area contributed by atoms with Crippen molar-refractivity contribution in [3.05, 3.63) is 53.5 Å². The summed E-state index contributed by atoms with van der Waals surface area (Å²) in [5, 5.41) is 3.78. The van der Waals surface area contributed by atoms with Gasteiger partial charge in [-0.2, -0.15) is 4.98 Å². The molecule has 0 aliphatic carbocycles. The van der Waals surface area contributed by atoms with Crippen molar-refractivity contribution in [2.75, 3.05) is 0 Å². The summed E-state index contributed by atoms with van der Waals surface area (Å²) in [6.07, 6.45) is 0.189.